The monoisotopic (exact) mass is 310 g/mol. The predicted molar refractivity (Wildman–Crippen MR) is 69.5 cm³/mol. The molecule has 0 aliphatic heterocycles. The Balaban J connectivity index is 5.26. The van der Waals surface area contributed by atoms with E-state index in [4.69, 9.17) is 4.74 Å². The number of hydrogen-bond donors (Lipinski definition) is 0. The summed E-state index contributed by atoms with van der Waals surface area (Å²) in [5.74, 6) is 0. The Kier molecular flexibility index (Phi) is 6.53. The van der Waals surface area contributed by atoms with E-state index >= 15 is 0 Å². The largest absolute Gasteiger partial charge is 0.389 e. The highest BCUT2D eigenvalue weighted by Gasteiger charge is 2.33. The summed E-state index contributed by atoms with van der Waals surface area (Å²) >= 11 is 0. The van der Waals surface area contributed by atoms with Gasteiger partial charge in [0.2, 0.25) is 10.9 Å². The molecule has 0 aromatic heterocycles. The van der Waals surface area contributed by atoms with Crippen LogP contribution >= 0.6 is 0 Å². The van der Waals surface area contributed by atoms with Gasteiger partial charge in [-0.25, -0.2) is 0 Å². The van der Waals surface area contributed by atoms with Gasteiger partial charge in [-0.15, -0.1) is 0 Å². The zero-order valence-electron chi connectivity index (χ0n) is 9.97. The van der Waals surface area contributed by atoms with Gasteiger partial charge in [0.1, 0.15) is 0 Å². The highest BCUT2D eigenvalue weighted by Crippen LogP contribution is 2.16. The maximum absolute atomic E-state index is 11.5. The van der Waals surface area contributed by atoms with Crippen LogP contribution in [-0.2, 0) is 33.3 Å². The summed E-state index contributed by atoms with van der Waals surface area (Å²) < 4.78 is 59.4. The number of hydrogen-bond acceptors (Lipinski definition) is 7. The molecule has 0 radical (unpaired) electrons. The summed E-state index contributed by atoms with van der Waals surface area (Å²) in [5, 5.41) is 0. The molecule has 2 atom stereocenters. The molecule has 9 heteroatoms. The molecule has 0 aromatic carbocycles. The maximum Gasteiger partial charge on any atom is 0.339 e. The van der Waals surface area contributed by atoms with E-state index in [0.717, 1.165) is 12.2 Å². The van der Waals surface area contributed by atoms with Crippen LogP contribution in [0.1, 0.15) is 0 Å². The van der Waals surface area contributed by atoms with E-state index in [1.807, 2.05) is 0 Å². The lowest BCUT2D eigenvalue weighted by atomic mass is 10.6. The molecule has 0 rings (SSSR count). The van der Waals surface area contributed by atoms with Crippen molar-refractivity contribution >= 4 is 20.2 Å². The zero-order chi connectivity index (χ0) is 15.1. The normalized spacial score (nSPS) is 14.7. The smallest absolute Gasteiger partial charge is 0.339 e. The Hall–Kier alpha value is -1.58. The molecule has 0 bridgehead atoms. The van der Waals surface area contributed by atoms with Gasteiger partial charge < -0.3 is 13.1 Å². The van der Waals surface area contributed by atoms with Crippen molar-refractivity contribution < 1.29 is 29.9 Å². The molecule has 0 heterocycles. The van der Waals surface area contributed by atoms with Gasteiger partial charge in [-0.1, -0.05) is 26.3 Å². The second-order valence-electron chi connectivity index (χ2n) is 2.86. The predicted octanol–water partition coefficient (Wildman–Crippen LogP) is 1.01. The molecule has 0 N–H and O–H groups in total. The van der Waals surface area contributed by atoms with Crippen LogP contribution in [0.15, 0.2) is 51.0 Å². The summed E-state index contributed by atoms with van der Waals surface area (Å²) in [6, 6.07) is 0. The van der Waals surface area contributed by atoms with Crippen molar-refractivity contribution in [2.75, 3.05) is 0 Å². The Labute approximate surface area is 112 Å². The van der Waals surface area contributed by atoms with Gasteiger partial charge in [0.25, 0.3) is 0 Å². The van der Waals surface area contributed by atoms with Gasteiger partial charge in [-0.3, -0.25) is 0 Å². The number of ether oxygens (including phenoxy) is 1. The van der Waals surface area contributed by atoms with Crippen molar-refractivity contribution in [1.82, 2.24) is 0 Å². The van der Waals surface area contributed by atoms with Gasteiger partial charge in [0.15, 0.2) is 0 Å². The lowest BCUT2D eigenvalue weighted by Gasteiger charge is -2.18. The summed E-state index contributed by atoms with van der Waals surface area (Å²) in [6.07, 6.45) is 3.01. The Morgan fingerprint density at radius 1 is 0.737 bits per heavy atom. The average molecular weight is 310 g/mol. The second-order valence-corrected chi connectivity index (χ2v) is 6.14. The van der Waals surface area contributed by atoms with Gasteiger partial charge in [-0.05, 0) is 12.2 Å². The summed E-state index contributed by atoms with van der Waals surface area (Å²) in [7, 11) is -8.51. The highest BCUT2D eigenvalue weighted by atomic mass is 32.2. The van der Waals surface area contributed by atoms with Gasteiger partial charge >= 0.3 is 20.2 Å². The van der Waals surface area contributed by atoms with Crippen LogP contribution in [0, 0.1) is 0 Å². The first-order valence-corrected chi connectivity index (χ1v) is 7.66. The van der Waals surface area contributed by atoms with Crippen molar-refractivity contribution in [1.29, 1.82) is 0 Å². The summed E-state index contributed by atoms with van der Waals surface area (Å²) in [6.45, 7) is 12.6. The van der Waals surface area contributed by atoms with Crippen LogP contribution in [0.3, 0.4) is 0 Å². The lowest BCUT2D eigenvalue weighted by molar-refractivity contribution is 0.119. The summed E-state index contributed by atoms with van der Waals surface area (Å²) in [5.41, 5.74) is -3.48. The quantitative estimate of drug-likeness (QED) is 0.337. The molecule has 0 aliphatic rings. The van der Waals surface area contributed by atoms with Crippen LogP contribution < -0.4 is 0 Å². The minimum absolute atomic E-state index is 0.660. The molecule has 19 heavy (non-hydrogen) atoms. The molecule has 7 nitrogen and oxygen atoms in total. The van der Waals surface area contributed by atoms with Gasteiger partial charge in [0.05, 0.1) is 12.5 Å². The maximum atomic E-state index is 11.5. The topological polar surface area (TPSA) is 96.0 Å². The van der Waals surface area contributed by atoms with Gasteiger partial charge in [0, 0.05) is 0 Å². The third-order valence-corrected chi connectivity index (χ3v) is 4.18. The fraction of sp³-hybridized carbons (Fsp3) is 0.200. The van der Waals surface area contributed by atoms with E-state index in [0.29, 0.717) is 12.5 Å². The van der Waals surface area contributed by atoms with Crippen molar-refractivity contribution in [3.63, 3.8) is 0 Å². The van der Waals surface area contributed by atoms with Crippen molar-refractivity contribution in [3.05, 3.63) is 51.0 Å². The van der Waals surface area contributed by atoms with Gasteiger partial charge in [-0.2, -0.15) is 16.8 Å². The first-order chi connectivity index (χ1) is 8.75. The average Bonchev–Trinajstić information content (AvgIpc) is 2.29. The molecular formula is C10H14O7S2. The van der Waals surface area contributed by atoms with Crippen molar-refractivity contribution in [2.24, 2.45) is 0 Å². The van der Waals surface area contributed by atoms with Crippen LogP contribution in [0.5, 0.6) is 0 Å². The van der Waals surface area contributed by atoms with Crippen molar-refractivity contribution in [2.45, 2.75) is 10.9 Å². The van der Waals surface area contributed by atoms with E-state index in [-0.39, 0.29) is 0 Å². The third kappa shape index (κ3) is 4.89. The third-order valence-electron chi connectivity index (χ3n) is 1.63. The molecule has 0 aromatic rings. The lowest BCUT2D eigenvalue weighted by Crippen LogP contribution is -2.32. The Bertz CT molecular complexity index is 494. The molecule has 108 valence electrons. The van der Waals surface area contributed by atoms with Crippen LogP contribution in [0.4, 0.5) is 0 Å². The summed E-state index contributed by atoms with van der Waals surface area (Å²) in [4.78, 5) is 0. The first kappa shape index (κ1) is 17.4. The molecule has 0 saturated carbocycles. The SMILES string of the molecule is C=COS(=O)(=O)C(C=C)OC(C=C)S(=O)(=O)OC=C. The molecular weight excluding hydrogens is 296 g/mol. The molecule has 0 fully saturated rings. The Morgan fingerprint density at radius 3 is 1.26 bits per heavy atom. The van der Waals surface area contributed by atoms with Crippen LogP contribution in [0.2, 0.25) is 0 Å². The number of rotatable bonds is 10. The standard InChI is InChI=1S/C10H14O7S2/c1-5-9(18(11,12)15-7-3)17-10(6-2)19(13,14)16-8-4/h5-10H,1-4H2. The van der Waals surface area contributed by atoms with E-state index in [1.165, 1.54) is 0 Å². The zero-order valence-corrected chi connectivity index (χ0v) is 11.6. The van der Waals surface area contributed by atoms with E-state index in [9.17, 15) is 16.8 Å². The van der Waals surface area contributed by atoms with E-state index in [2.05, 4.69) is 34.7 Å². The van der Waals surface area contributed by atoms with Crippen LogP contribution in [-0.4, -0.2) is 27.7 Å². The fourth-order valence-corrected chi connectivity index (χ4v) is 2.57. The molecule has 0 saturated heterocycles. The second kappa shape index (κ2) is 7.12. The van der Waals surface area contributed by atoms with Crippen molar-refractivity contribution in [3.8, 4) is 0 Å². The van der Waals surface area contributed by atoms with E-state index < -0.39 is 31.1 Å². The first-order valence-electron chi connectivity index (χ1n) is 4.71. The van der Waals surface area contributed by atoms with Crippen LogP contribution in [0.25, 0.3) is 0 Å². The van der Waals surface area contributed by atoms with E-state index in [1.54, 1.807) is 0 Å². The Morgan fingerprint density at radius 2 is 1.05 bits per heavy atom. The minimum atomic E-state index is -4.25. The highest BCUT2D eigenvalue weighted by molar-refractivity contribution is 7.88. The fourth-order valence-electron chi connectivity index (χ4n) is 0.914. The minimum Gasteiger partial charge on any atom is -0.389 e. The molecule has 2 unspecified atom stereocenters. The molecule has 0 amide bonds. The molecule has 0 aliphatic carbocycles. The molecule has 0 spiro atoms.